The van der Waals surface area contributed by atoms with Gasteiger partial charge in [-0.05, 0) is 12.1 Å². The minimum absolute atomic E-state index is 0. The molecular weight excluding hydrogens is 193 g/mol. The largest absolute Gasteiger partial charge is 0.508 e. The molecule has 0 heterocycles. The molecule has 0 saturated heterocycles. The van der Waals surface area contributed by atoms with Crippen LogP contribution < -0.4 is 0 Å². The summed E-state index contributed by atoms with van der Waals surface area (Å²) in [5.74, 6) is 0.0330. The number of nitrogens with zero attached hydrogens (tertiary/aromatic N) is 1. The quantitative estimate of drug-likeness (QED) is 0.420. The van der Waals surface area contributed by atoms with Crippen LogP contribution in [0.2, 0.25) is 0 Å². The fraction of sp³-hybridized carbons (Fsp3) is 0. The third-order valence-corrected chi connectivity index (χ3v) is 1.06. The molecule has 0 amide bonds. The van der Waals surface area contributed by atoms with E-state index in [1.807, 2.05) is 0 Å². The summed E-state index contributed by atoms with van der Waals surface area (Å²) in [5, 5.41) is 18.8. The zero-order valence-corrected chi connectivity index (χ0v) is 6.32. The SMILES string of the molecule is O=[N+]([O-])c1ccc(O)cc1.[Ni]. The maximum Gasteiger partial charge on any atom is 0.269 e. The smallest absolute Gasteiger partial charge is 0.269 e. The Morgan fingerprint density at radius 3 is 2.09 bits per heavy atom. The number of nitro groups is 1. The predicted molar refractivity (Wildman–Crippen MR) is 34.8 cm³/mol. The molecule has 4 nitrogen and oxygen atoms in total. The van der Waals surface area contributed by atoms with Gasteiger partial charge in [0.05, 0.1) is 4.92 Å². The summed E-state index contributed by atoms with van der Waals surface area (Å²) in [6, 6.07) is 5.04. The van der Waals surface area contributed by atoms with Crippen molar-refractivity contribution in [3.8, 4) is 5.75 Å². The molecule has 1 aromatic carbocycles. The van der Waals surface area contributed by atoms with Crippen molar-refractivity contribution in [1.29, 1.82) is 0 Å². The van der Waals surface area contributed by atoms with E-state index in [-0.39, 0.29) is 27.9 Å². The number of aromatic hydroxyl groups is 1. The van der Waals surface area contributed by atoms with Crippen LogP contribution in [-0.2, 0) is 16.5 Å². The molecule has 0 saturated carbocycles. The summed E-state index contributed by atoms with van der Waals surface area (Å²) in [7, 11) is 0. The van der Waals surface area contributed by atoms with Crippen LogP contribution in [0, 0.1) is 10.1 Å². The van der Waals surface area contributed by atoms with E-state index >= 15 is 0 Å². The second-order valence-corrected chi connectivity index (χ2v) is 1.77. The molecule has 0 bridgehead atoms. The van der Waals surface area contributed by atoms with E-state index in [2.05, 4.69) is 0 Å². The second-order valence-electron chi connectivity index (χ2n) is 1.77. The van der Waals surface area contributed by atoms with Gasteiger partial charge in [-0.2, -0.15) is 0 Å². The van der Waals surface area contributed by atoms with E-state index in [0.717, 1.165) is 0 Å². The molecular formula is C6H5NNiO3. The Labute approximate surface area is 72.9 Å². The number of hydrogen-bond acceptors (Lipinski definition) is 3. The van der Waals surface area contributed by atoms with Crippen LogP contribution in [0.4, 0.5) is 5.69 Å². The maximum absolute atomic E-state index is 10.0. The third kappa shape index (κ3) is 2.55. The van der Waals surface area contributed by atoms with E-state index in [1.165, 1.54) is 24.3 Å². The summed E-state index contributed by atoms with van der Waals surface area (Å²) in [6.45, 7) is 0. The van der Waals surface area contributed by atoms with Crippen LogP contribution in [0.25, 0.3) is 0 Å². The van der Waals surface area contributed by atoms with Crippen LogP contribution in [0.15, 0.2) is 24.3 Å². The van der Waals surface area contributed by atoms with Crippen molar-refractivity contribution in [2.45, 2.75) is 0 Å². The molecule has 0 radical (unpaired) electrons. The van der Waals surface area contributed by atoms with E-state index < -0.39 is 4.92 Å². The average Bonchev–Trinajstić information content (AvgIpc) is 1.88. The van der Waals surface area contributed by atoms with Gasteiger partial charge in [0, 0.05) is 28.6 Å². The van der Waals surface area contributed by atoms with Gasteiger partial charge in [-0.1, -0.05) is 0 Å². The summed E-state index contributed by atoms with van der Waals surface area (Å²) in [4.78, 5) is 9.52. The minimum Gasteiger partial charge on any atom is -0.508 e. The van der Waals surface area contributed by atoms with E-state index in [0.29, 0.717) is 0 Å². The van der Waals surface area contributed by atoms with Gasteiger partial charge >= 0.3 is 0 Å². The molecule has 1 N–H and O–H groups in total. The summed E-state index contributed by atoms with van der Waals surface area (Å²) >= 11 is 0. The van der Waals surface area contributed by atoms with Crippen LogP contribution in [0.5, 0.6) is 5.75 Å². The first kappa shape index (κ1) is 9.91. The Morgan fingerprint density at radius 1 is 1.27 bits per heavy atom. The molecule has 62 valence electrons. The van der Waals surface area contributed by atoms with Crippen molar-refractivity contribution < 1.29 is 26.5 Å². The maximum atomic E-state index is 10.0. The van der Waals surface area contributed by atoms with Crippen molar-refractivity contribution in [2.75, 3.05) is 0 Å². The third-order valence-electron chi connectivity index (χ3n) is 1.06. The molecule has 5 heteroatoms. The summed E-state index contributed by atoms with van der Waals surface area (Å²) in [5.41, 5.74) is -0.0159. The number of nitro benzene ring substituents is 1. The molecule has 0 aromatic heterocycles. The van der Waals surface area contributed by atoms with Gasteiger partial charge in [0.25, 0.3) is 5.69 Å². The standard InChI is InChI=1S/C6H5NO3.Ni/c8-6-3-1-5(2-4-6)7(9)10;/h1-4,8H;. The van der Waals surface area contributed by atoms with Gasteiger partial charge in [0.15, 0.2) is 0 Å². The topological polar surface area (TPSA) is 63.4 Å². The molecule has 1 aromatic rings. The number of phenols is 1. The van der Waals surface area contributed by atoms with Crippen LogP contribution in [0.1, 0.15) is 0 Å². The van der Waals surface area contributed by atoms with Gasteiger partial charge in [0.1, 0.15) is 5.75 Å². The van der Waals surface area contributed by atoms with Gasteiger partial charge in [-0.25, -0.2) is 0 Å². The molecule has 0 aliphatic carbocycles. The normalized spacial score (nSPS) is 8.36. The van der Waals surface area contributed by atoms with E-state index in [4.69, 9.17) is 5.11 Å². The fourth-order valence-corrected chi connectivity index (χ4v) is 0.574. The Balaban J connectivity index is 0.000001000. The molecule has 11 heavy (non-hydrogen) atoms. The minimum atomic E-state index is -0.514. The van der Waals surface area contributed by atoms with Crippen LogP contribution in [-0.4, -0.2) is 10.0 Å². The number of non-ortho nitro benzene ring substituents is 1. The first-order valence-electron chi connectivity index (χ1n) is 2.63. The Hall–Kier alpha value is -1.09. The second kappa shape index (κ2) is 3.93. The molecule has 0 atom stereocenters. The Kier molecular flexibility index (Phi) is 3.54. The average molecular weight is 198 g/mol. The molecule has 0 aliphatic heterocycles. The molecule has 0 spiro atoms. The fourth-order valence-electron chi connectivity index (χ4n) is 0.574. The molecule has 0 unspecified atom stereocenters. The Bertz CT molecular complexity index is 247. The van der Waals surface area contributed by atoms with Crippen molar-refractivity contribution in [1.82, 2.24) is 0 Å². The zero-order chi connectivity index (χ0) is 7.56. The first-order valence-corrected chi connectivity index (χ1v) is 2.63. The summed E-state index contributed by atoms with van der Waals surface area (Å²) in [6.07, 6.45) is 0. The summed E-state index contributed by atoms with van der Waals surface area (Å²) < 4.78 is 0. The number of rotatable bonds is 1. The van der Waals surface area contributed by atoms with Gasteiger partial charge in [-0.3, -0.25) is 10.1 Å². The Morgan fingerprint density at radius 2 is 1.73 bits per heavy atom. The zero-order valence-electron chi connectivity index (χ0n) is 5.34. The van der Waals surface area contributed by atoms with Gasteiger partial charge < -0.3 is 5.11 Å². The van der Waals surface area contributed by atoms with E-state index in [9.17, 15) is 10.1 Å². The number of hydrogen-bond donors (Lipinski definition) is 1. The van der Waals surface area contributed by atoms with Gasteiger partial charge in [-0.15, -0.1) is 0 Å². The predicted octanol–water partition coefficient (Wildman–Crippen LogP) is 1.30. The van der Waals surface area contributed by atoms with Crippen molar-refractivity contribution in [3.63, 3.8) is 0 Å². The van der Waals surface area contributed by atoms with Crippen LogP contribution in [0.3, 0.4) is 0 Å². The van der Waals surface area contributed by atoms with E-state index in [1.54, 1.807) is 0 Å². The number of benzene rings is 1. The molecule has 1 rings (SSSR count). The van der Waals surface area contributed by atoms with Crippen molar-refractivity contribution in [3.05, 3.63) is 34.4 Å². The van der Waals surface area contributed by atoms with Crippen molar-refractivity contribution in [2.24, 2.45) is 0 Å². The molecule has 0 aliphatic rings. The number of phenolic OH excluding ortho intramolecular Hbond substituents is 1. The van der Waals surface area contributed by atoms with Crippen molar-refractivity contribution >= 4 is 5.69 Å². The molecule has 0 fully saturated rings. The van der Waals surface area contributed by atoms with Gasteiger partial charge in [0.2, 0.25) is 0 Å². The van der Waals surface area contributed by atoms with Crippen LogP contribution >= 0.6 is 0 Å². The monoisotopic (exact) mass is 197 g/mol. The first-order chi connectivity index (χ1) is 4.70.